The van der Waals surface area contributed by atoms with E-state index in [1.807, 2.05) is 30.3 Å². The van der Waals surface area contributed by atoms with Crippen LogP contribution in [0.4, 0.5) is 5.82 Å². The predicted octanol–water partition coefficient (Wildman–Crippen LogP) is 3.26. The van der Waals surface area contributed by atoms with Gasteiger partial charge in [-0.3, -0.25) is 4.79 Å². The summed E-state index contributed by atoms with van der Waals surface area (Å²) in [5, 5.41) is 11.1. The molecular weight excluding hydrogens is 298 g/mol. The second-order valence-electron chi connectivity index (χ2n) is 4.94. The summed E-state index contributed by atoms with van der Waals surface area (Å²) < 4.78 is 15.6. The van der Waals surface area contributed by atoms with Crippen molar-refractivity contribution in [2.75, 3.05) is 5.32 Å². The van der Waals surface area contributed by atoms with Gasteiger partial charge < -0.3 is 18.8 Å². The normalized spacial score (nSPS) is 11.0. The van der Waals surface area contributed by atoms with E-state index in [9.17, 15) is 4.79 Å². The topological polar surface area (TPSA) is 94.3 Å². The lowest BCUT2D eigenvalue weighted by atomic mass is 10.2. The number of rotatable bonds is 4. The van der Waals surface area contributed by atoms with E-state index in [1.54, 1.807) is 12.1 Å². The molecule has 0 radical (unpaired) electrons. The highest BCUT2D eigenvalue weighted by atomic mass is 16.5. The zero-order valence-corrected chi connectivity index (χ0v) is 11.9. The summed E-state index contributed by atoms with van der Waals surface area (Å²) in [7, 11) is 0. The Labute approximate surface area is 129 Å². The van der Waals surface area contributed by atoms with Gasteiger partial charge in [-0.2, -0.15) is 0 Å². The average Bonchev–Trinajstić information content (AvgIpc) is 3.26. The molecule has 0 bridgehead atoms. The summed E-state index contributed by atoms with van der Waals surface area (Å²) in [6, 6.07) is 12.8. The largest absolute Gasteiger partial charge is 0.453 e. The Hall–Kier alpha value is -3.35. The van der Waals surface area contributed by atoms with Gasteiger partial charge in [-0.1, -0.05) is 28.5 Å². The van der Waals surface area contributed by atoms with E-state index in [1.165, 1.54) is 6.26 Å². The number of carbonyl (C=O) groups is 1. The summed E-state index contributed by atoms with van der Waals surface area (Å²) in [5.74, 6) is 1.15. The molecule has 4 rings (SSSR count). The molecular formula is C16H11N3O4. The molecule has 1 amide bonds. The third-order valence-electron chi connectivity index (χ3n) is 3.27. The van der Waals surface area contributed by atoms with Crippen molar-refractivity contribution in [2.45, 2.75) is 6.42 Å². The van der Waals surface area contributed by atoms with Crippen LogP contribution in [0.1, 0.15) is 5.69 Å². The van der Waals surface area contributed by atoms with Crippen molar-refractivity contribution in [3.05, 3.63) is 54.4 Å². The number of carbonyl (C=O) groups excluding carboxylic acids is 1. The van der Waals surface area contributed by atoms with Crippen LogP contribution in [0.25, 0.3) is 22.5 Å². The number of para-hydroxylation sites is 1. The summed E-state index contributed by atoms with van der Waals surface area (Å²) >= 11 is 0. The fourth-order valence-electron chi connectivity index (χ4n) is 2.24. The van der Waals surface area contributed by atoms with Gasteiger partial charge in [0.15, 0.2) is 11.6 Å². The second-order valence-corrected chi connectivity index (χ2v) is 4.94. The number of hydrogen-bond donors (Lipinski definition) is 1. The molecule has 7 nitrogen and oxygen atoms in total. The van der Waals surface area contributed by atoms with Crippen LogP contribution in [0.3, 0.4) is 0 Å². The number of benzene rings is 1. The van der Waals surface area contributed by atoms with Gasteiger partial charge in [-0.05, 0) is 12.1 Å². The first kappa shape index (κ1) is 13.3. The van der Waals surface area contributed by atoms with Gasteiger partial charge in [-0.15, -0.1) is 0 Å². The van der Waals surface area contributed by atoms with E-state index in [0.717, 1.165) is 11.0 Å². The molecule has 0 saturated carbocycles. The molecule has 3 heterocycles. The summed E-state index contributed by atoms with van der Waals surface area (Å²) in [6.45, 7) is 0. The Morgan fingerprint density at radius 3 is 2.83 bits per heavy atom. The number of nitrogens with one attached hydrogen (secondary N) is 1. The highest BCUT2D eigenvalue weighted by Crippen LogP contribution is 2.28. The van der Waals surface area contributed by atoms with Crippen molar-refractivity contribution in [3.8, 4) is 11.5 Å². The fraction of sp³-hybridized carbons (Fsp3) is 0.0625. The molecule has 1 aromatic carbocycles. The zero-order valence-electron chi connectivity index (χ0n) is 11.9. The van der Waals surface area contributed by atoms with E-state index in [2.05, 4.69) is 20.2 Å². The number of hydrogen-bond acceptors (Lipinski definition) is 6. The Bertz CT molecular complexity index is 920. The zero-order chi connectivity index (χ0) is 15.6. The van der Waals surface area contributed by atoms with Crippen molar-refractivity contribution >= 4 is 22.7 Å². The lowest BCUT2D eigenvalue weighted by Crippen LogP contribution is -2.14. The quantitative estimate of drug-likeness (QED) is 0.622. The van der Waals surface area contributed by atoms with Gasteiger partial charge in [0.1, 0.15) is 11.8 Å². The van der Waals surface area contributed by atoms with Gasteiger partial charge in [0.2, 0.25) is 11.7 Å². The third kappa shape index (κ3) is 2.71. The molecule has 0 atom stereocenters. The maximum Gasteiger partial charge on any atom is 0.231 e. The summed E-state index contributed by atoms with van der Waals surface area (Å²) in [6.07, 6.45) is 1.45. The number of nitrogens with zero attached hydrogens (tertiary/aromatic N) is 2. The predicted molar refractivity (Wildman–Crippen MR) is 80.5 cm³/mol. The maximum atomic E-state index is 11.9. The molecule has 114 valence electrons. The molecule has 0 unspecified atom stereocenters. The molecule has 0 saturated heterocycles. The molecule has 0 spiro atoms. The minimum absolute atomic E-state index is 0.0661. The number of fused-ring (bicyclic) bond motifs is 1. The van der Waals surface area contributed by atoms with E-state index in [0.29, 0.717) is 23.0 Å². The molecule has 0 aliphatic heterocycles. The van der Waals surface area contributed by atoms with Crippen LogP contribution < -0.4 is 5.32 Å². The molecule has 23 heavy (non-hydrogen) atoms. The van der Waals surface area contributed by atoms with Crippen molar-refractivity contribution in [1.82, 2.24) is 10.3 Å². The molecule has 0 aliphatic rings. The maximum absolute atomic E-state index is 11.9. The number of furan rings is 1. The van der Waals surface area contributed by atoms with Crippen LogP contribution in [-0.2, 0) is 11.2 Å². The highest BCUT2D eigenvalue weighted by Gasteiger charge is 2.14. The van der Waals surface area contributed by atoms with Crippen LogP contribution >= 0.6 is 0 Å². The lowest BCUT2D eigenvalue weighted by Gasteiger charge is -1.96. The van der Waals surface area contributed by atoms with Gasteiger partial charge in [0.05, 0.1) is 12.1 Å². The number of amides is 1. The Morgan fingerprint density at radius 2 is 2.00 bits per heavy atom. The van der Waals surface area contributed by atoms with Crippen molar-refractivity contribution in [3.63, 3.8) is 0 Å². The number of anilines is 1. The highest BCUT2D eigenvalue weighted by molar-refractivity contribution is 5.91. The van der Waals surface area contributed by atoms with Gasteiger partial charge in [-0.25, -0.2) is 0 Å². The summed E-state index contributed by atoms with van der Waals surface area (Å²) in [4.78, 5) is 11.9. The lowest BCUT2D eigenvalue weighted by molar-refractivity contribution is -0.115. The Balaban J connectivity index is 1.51. The van der Waals surface area contributed by atoms with Crippen molar-refractivity contribution < 1.29 is 18.3 Å². The van der Waals surface area contributed by atoms with E-state index < -0.39 is 0 Å². The van der Waals surface area contributed by atoms with Crippen LogP contribution in [0.5, 0.6) is 0 Å². The fourth-order valence-corrected chi connectivity index (χ4v) is 2.24. The van der Waals surface area contributed by atoms with Gasteiger partial charge >= 0.3 is 0 Å². The SMILES string of the molecule is O=C(Cc1cc(-c2cc3ccccc3o2)on1)Nc1ccon1. The first-order valence-electron chi connectivity index (χ1n) is 6.93. The summed E-state index contributed by atoms with van der Waals surface area (Å²) in [5.41, 5.74) is 1.27. The minimum Gasteiger partial charge on any atom is -0.453 e. The van der Waals surface area contributed by atoms with Crippen LogP contribution in [0.15, 0.2) is 62.2 Å². The monoisotopic (exact) mass is 309 g/mol. The second kappa shape index (κ2) is 5.45. The third-order valence-corrected chi connectivity index (χ3v) is 3.27. The van der Waals surface area contributed by atoms with E-state index >= 15 is 0 Å². The van der Waals surface area contributed by atoms with Gasteiger partial charge in [0.25, 0.3) is 0 Å². The van der Waals surface area contributed by atoms with Gasteiger partial charge in [0, 0.05) is 17.5 Å². The molecule has 1 N–H and O–H groups in total. The van der Waals surface area contributed by atoms with Crippen LogP contribution in [0, 0.1) is 0 Å². The van der Waals surface area contributed by atoms with E-state index in [4.69, 9.17) is 8.94 Å². The standard InChI is InChI=1S/C16H11N3O4/c20-16(17-15-5-6-21-19-15)9-11-8-14(23-18-11)13-7-10-3-1-2-4-12(10)22-13/h1-8H,9H2,(H,17,19,20). The minimum atomic E-state index is -0.261. The van der Waals surface area contributed by atoms with Crippen LogP contribution in [0.2, 0.25) is 0 Å². The Kier molecular flexibility index (Phi) is 3.16. The molecule has 3 aromatic heterocycles. The van der Waals surface area contributed by atoms with E-state index in [-0.39, 0.29) is 12.3 Å². The molecule has 7 heteroatoms. The molecule has 0 aliphatic carbocycles. The first-order valence-corrected chi connectivity index (χ1v) is 6.93. The molecule has 0 fully saturated rings. The van der Waals surface area contributed by atoms with Crippen LogP contribution in [-0.4, -0.2) is 16.2 Å². The Morgan fingerprint density at radius 1 is 1.09 bits per heavy atom. The average molecular weight is 309 g/mol. The number of aromatic nitrogens is 2. The first-order chi connectivity index (χ1) is 11.3. The molecule has 4 aromatic rings. The smallest absolute Gasteiger partial charge is 0.231 e. The van der Waals surface area contributed by atoms with Crippen molar-refractivity contribution in [2.24, 2.45) is 0 Å². The van der Waals surface area contributed by atoms with Crippen molar-refractivity contribution in [1.29, 1.82) is 0 Å².